The van der Waals surface area contributed by atoms with Crippen LogP contribution in [0.2, 0.25) is 0 Å². The summed E-state index contributed by atoms with van der Waals surface area (Å²) in [5.41, 5.74) is 3.83. The van der Waals surface area contributed by atoms with E-state index in [4.69, 9.17) is 0 Å². The normalized spacial score (nSPS) is 23.4. The lowest BCUT2D eigenvalue weighted by Gasteiger charge is -2.33. The molecule has 2 aliphatic heterocycles. The molecule has 1 aromatic rings. The maximum Gasteiger partial charge on any atom is 0.224 e. The van der Waals surface area contributed by atoms with E-state index in [1.807, 2.05) is 4.90 Å². The van der Waals surface area contributed by atoms with E-state index in [1.165, 1.54) is 11.1 Å². The van der Waals surface area contributed by atoms with Crippen LogP contribution in [0, 0.1) is 0 Å². The average Bonchev–Trinajstić information content (AvgIpc) is 2.83. The second kappa shape index (κ2) is 6.39. The van der Waals surface area contributed by atoms with E-state index < -0.39 is 0 Å². The molecule has 1 aromatic carbocycles. The third-order valence-electron chi connectivity index (χ3n) is 5.00. The molecular weight excluding hydrogens is 274 g/mol. The van der Waals surface area contributed by atoms with Crippen molar-refractivity contribution in [2.45, 2.75) is 45.7 Å². The van der Waals surface area contributed by atoms with E-state index in [2.05, 4.69) is 42.3 Å². The fourth-order valence-corrected chi connectivity index (χ4v) is 3.88. The molecule has 0 saturated carbocycles. The van der Waals surface area contributed by atoms with Gasteiger partial charge in [-0.1, -0.05) is 12.1 Å². The third-order valence-corrected chi connectivity index (χ3v) is 5.00. The summed E-state index contributed by atoms with van der Waals surface area (Å²) in [6.45, 7) is 10.6. The zero-order valence-corrected chi connectivity index (χ0v) is 13.9. The largest absolute Gasteiger partial charge is 0.314 e. The molecule has 1 saturated heterocycles. The smallest absolute Gasteiger partial charge is 0.224 e. The number of amides is 1. The molecule has 2 aliphatic rings. The van der Waals surface area contributed by atoms with Crippen LogP contribution >= 0.6 is 0 Å². The molecule has 2 unspecified atom stereocenters. The first-order chi connectivity index (χ1) is 10.6. The Kier molecular flexibility index (Phi) is 4.50. The molecule has 120 valence electrons. The van der Waals surface area contributed by atoms with Gasteiger partial charge in [0.2, 0.25) is 5.91 Å². The predicted octanol–water partition coefficient (Wildman–Crippen LogP) is 1.82. The van der Waals surface area contributed by atoms with Gasteiger partial charge in [-0.25, -0.2) is 0 Å². The Morgan fingerprint density at radius 1 is 1.36 bits per heavy atom. The van der Waals surface area contributed by atoms with Gasteiger partial charge in [0.15, 0.2) is 0 Å². The molecule has 0 aliphatic carbocycles. The van der Waals surface area contributed by atoms with Gasteiger partial charge in [-0.3, -0.25) is 9.69 Å². The minimum absolute atomic E-state index is 0.146. The van der Waals surface area contributed by atoms with Crippen LogP contribution in [0.3, 0.4) is 0 Å². The van der Waals surface area contributed by atoms with Crippen LogP contribution in [0.5, 0.6) is 0 Å². The quantitative estimate of drug-likeness (QED) is 0.925. The molecule has 1 fully saturated rings. The number of fused-ring (bicyclic) bond motifs is 1. The van der Waals surface area contributed by atoms with Crippen LogP contribution in [0.25, 0.3) is 0 Å². The molecule has 22 heavy (non-hydrogen) atoms. The number of rotatable bonds is 3. The first kappa shape index (κ1) is 15.5. The van der Waals surface area contributed by atoms with Crippen molar-refractivity contribution in [1.82, 2.24) is 10.2 Å². The third kappa shape index (κ3) is 3.03. The number of hydrogen-bond acceptors (Lipinski definition) is 3. The van der Waals surface area contributed by atoms with Crippen molar-refractivity contribution in [2.24, 2.45) is 0 Å². The minimum atomic E-state index is 0.146. The van der Waals surface area contributed by atoms with E-state index in [9.17, 15) is 4.79 Å². The van der Waals surface area contributed by atoms with Gasteiger partial charge >= 0.3 is 0 Å². The summed E-state index contributed by atoms with van der Waals surface area (Å²) in [6.07, 6.45) is 2.06. The van der Waals surface area contributed by atoms with Gasteiger partial charge < -0.3 is 10.2 Å². The predicted molar refractivity (Wildman–Crippen MR) is 90.4 cm³/mol. The Morgan fingerprint density at radius 2 is 2.09 bits per heavy atom. The lowest BCUT2D eigenvalue weighted by Crippen LogP contribution is -2.48. The van der Waals surface area contributed by atoms with E-state index in [-0.39, 0.29) is 11.9 Å². The molecule has 0 bridgehead atoms. The standard InChI is InChI=1S/C18H27N3O/c1-13(20-8-6-19-7-9-20)10-16-4-5-18-17(12-16)11-14(2)21(18)15(3)22/h4-5,12-14,19H,6-11H2,1-3H3. The molecule has 2 heterocycles. The minimum Gasteiger partial charge on any atom is -0.314 e. The number of nitrogens with zero attached hydrogens (tertiary/aromatic N) is 2. The van der Waals surface area contributed by atoms with Gasteiger partial charge in [0.1, 0.15) is 0 Å². The Bertz CT molecular complexity index is 551. The highest BCUT2D eigenvalue weighted by atomic mass is 16.2. The van der Waals surface area contributed by atoms with E-state index in [0.717, 1.165) is 44.7 Å². The molecule has 0 radical (unpaired) electrons. The Hall–Kier alpha value is -1.39. The maximum absolute atomic E-state index is 11.8. The lowest BCUT2D eigenvalue weighted by molar-refractivity contribution is -0.116. The number of carbonyl (C=O) groups is 1. The van der Waals surface area contributed by atoms with Crippen molar-refractivity contribution in [3.05, 3.63) is 29.3 Å². The first-order valence-electron chi connectivity index (χ1n) is 8.42. The fraction of sp³-hybridized carbons (Fsp3) is 0.611. The highest BCUT2D eigenvalue weighted by Crippen LogP contribution is 2.33. The van der Waals surface area contributed by atoms with Crippen molar-refractivity contribution < 1.29 is 4.79 Å². The second-order valence-corrected chi connectivity index (χ2v) is 6.74. The highest BCUT2D eigenvalue weighted by Gasteiger charge is 2.29. The molecule has 2 atom stereocenters. The van der Waals surface area contributed by atoms with Crippen LogP contribution in [-0.4, -0.2) is 49.1 Å². The summed E-state index contributed by atoms with van der Waals surface area (Å²) in [7, 11) is 0. The summed E-state index contributed by atoms with van der Waals surface area (Å²) >= 11 is 0. The number of anilines is 1. The fourth-order valence-electron chi connectivity index (χ4n) is 3.88. The molecule has 1 N–H and O–H groups in total. The van der Waals surface area contributed by atoms with E-state index in [0.29, 0.717) is 6.04 Å². The van der Waals surface area contributed by atoms with Gasteiger partial charge in [0.25, 0.3) is 0 Å². The van der Waals surface area contributed by atoms with E-state index >= 15 is 0 Å². The van der Waals surface area contributed by atoms with Crippen molar-refractivity contribution in [3.63, 3.8) is 0 Å². The van der Waals surface area contributed by atoms with Crippen LogP contribution in [0.4, 0.5) is 5.69 Å². The second-order valence-electron chi connectivity index (χ2n) is 6.74. The molecule has 1 amide bonds. The SMILES string of the molecule is CC(=O)N1c2ccc(CC(C)N3CCNCC3)cc2CC1C. The summed E-state index contributed by atoms with van der Waals surface area (Å²) in [5.74, 6) is 0.146. The van der Waals surface area contributed by atoms with Gasteiger partial charge in [0.05, 0.1) is 0 Å². The Morgan fingerprint density at radius 3 is 2.77 bits per heavy atom. The molecule has 0 spiro atoms. The monoisotopic (exact) mass is 301 g/mol. The lowest BCUT2D eigenvalue weighted by atomic mass is 10.0. The van der Waals surface area contributed by atoms with Crippen LogP contribution in [0.15, 0.2) is 18.2 Å². The zero-order chi connectivity index (χ0) is 15.7. The summed E-state index contributed by atoms with van der Waals surface area (Å²) in [5, 5.41) is 3.41. The van der Waals surface area contributed by atoms with Crippen LogP contribution < -0.4 is 10.2 Å². The maximum atomic E-state index is 11.8. The highest BCUT2D eigenvalue weighted by molar-refractivity contribution is 5.94. The van der Waals surface area contributed by atoms with Crippen molar-refractivity contribution in [3.8, 4) is 0 Å². The van der Waals surface area contributed by atoms with E-state index in [1.54, 1.807) is 6.92 Å². The summed E-state index contributed by atoms with van der Waals surface area (Å²) in [4.78, 5) is 16.3. The summed E-state index contributed by atoms with van der Waals surface area (Å²) in [6, 6.07) is 7.51. The molecular formula is C18H27N3O. The number of hydrogen-bond donors (Lipinski definition) is 1. The summed E-state index contributed by atoms with van der Waals surface area (Å²) < 4.78 is 0. The average molecular weight is 301 g/mol. The number of benzene rings is 1. The zero-order valence-electron chi connectivity index (χ0n) is 13.9. The number of piperazine rings is 1. The molecule has 4 nitrogen and oxygen atoms in total. The van der Waals surface area contributed by atoms with Crippen LogP contribution in [-0.2, 0) is 17.6 Å². The molecule has 0 aromatic heterocycles. The number of carbonyl (C=O) groups excluding carboxylic acids is 1. The topological polar surface area (TPSA) is 35.6 Å². The van der Waals surface area contributed by atoms with Crippen LogP contribution in [0.1, 0.15) is 31.9 Å². The Labute approximate surface area is 133 Å². The molecule has 3 rings (SSSR count). The van der Waals surface area contributed by atoms with Gasteiger partial charge in [-0.15, -0.1) is 0 Å². The van der Waals surface area contributed by atoms with Gasteiger partial charge in [0, 0.05) is 50.9 Å². The van der Waals surface area contributed by atoms with Gasteiger partial charge in [-0.05, 0) is 43.9 Å². The van der Waals surface area contributed by atoms with Crippen molar-refractivity contribution in [2.75, 3.05) is 31.1 Å². The van der Waals surface area contributed by atoms with Gasteiger partial charge in [-0.2, -0.15) is 0 Å². The van der Waals surface area contributed by atoms with Crippen molar-refractivity contribution >= 4 is 11.6 Å². The molecule has 4 heteroatoms. The first-order valence-corrected chi connectivity index (χ1v) is 8.42. The number of nitrogens with one attached hydrogen (secondary N) is 1. The Balaban J connectivity index is 1.72. The van der Waals surface area contributed by atoms with Crippen molar-refractivity contribution in [1.29, 1.82) is 0 Å².